The number of hydrogen-bond donors (Lipinski definition) is 1. The zero-order chi connectivity index (χ0) is 15.2. The standard InChI is InChI=1S/C15H24N2O4/c1-3-7-12(20-4-2)13-16-14(21-17-13)10-8-5-6-9-11(10)15(18)19/h10-12H,3-9H2,1-2H3,(H,18,19). The molecule has 1 aromatic heterocycles. The molecule has 1 aromatic rings. The molecule has 0 saturated heterocycles. The van der Waals surface area contributed by atoms with E-state index in [9.17, 15) is 9.90 Å². The van der Waals surface area contributed by atoms with Gasteiger partial charge in [0.1, 0.15) is 6.10 Å². The maximum absolute atomic E-state index is 11.4. The molecule has 1 N–H and O–H groups in total. The number of aromatic nitrogens is 2. The van der Waals surface area contributed by atoms with Gasteiger partial charge in [-0.2, -0.15) is 4.98 Å². The Balaban J connectivity index is 2.15. The predicted octanol–water partition coefficient (Wildman–Crippen LogP) is 3.31. The van der Waals surface area contributed by atoms with Crippen molar-refractivity contribution in [1.82, 2.24) is 10.1 Å². The molecule has 6 nitrogen and oxygen atoms in total. The van der Waals surface area contributed by atoms with Gasteiger partial charge in [0, 0.05) is 6.61 Å². The van der Waals surface area contributed by atoms with Gasteiger partial charge in [-0.05, 0) is 26.2 Å². The van der Waals surface area contributed by atoms with Gasteiger partial charge in [-0.1, -0.05) is 31.3 Å². The van der Waals surface area contributed by atoms with E-state index in [-0.39, 0.29) is 12.0 Å². The minimum atomic E-state index is -0.769. The average Bonchev–Trinajstić information content (AvgIpc) is 2.96. The Morgan fingerprint density at radius 2 is 2.19 bits per heavy atom. The first-order chi connectivity index (χ1) is 10.2. The van der Waals surface area contributed by atoms with Gasteiger partial charge in [-0.15, -0.1) is 0 Å². The summed E-state index contributed by atoms with van der Waals surface area (Å²) in [7, 11) is 0. The van der Waals surface area contributed by atoms with Crippen molar-refractivity contribution in [3.63, 3.8) is 0 Å². The second-order valence-corrected chi connectivity index (χ2v) is 5.56. The summed E-state index contributed by atoms with van der Waals surface area (Å²) in [5.41, 5.74) is 0. The molecule has 118 valence electrons. The van der Waals surface area contributed by atoms with E-state index in [4.69, 9.17) is 9.26 Å². The molecular formula is C15H24N2O4. The van der Waals surface area contributed by atoms with E-state index >= 15 is 0 Å². The van der Waals surface area contributed by atoms with Gasteiger partial charge in [-0.3, -0.25) is 4.79 Å². The predicted molar refractivity (Wildman–Crippen MR) is 75.9 cm³/mol. The Bertz CT molecular complexity index is 454. The molecule has 1 aliphatic rings. The van der Waals surface area contributed by atoms with E-state index in [0.717, 1.165) is 32.1 Å². The lowest BCUT2D eigenvalue weighted by atomic mass is 9.79. The van der Waals surface area contributed by atoms with Crippen molar-refractivity contribution in [2.24, 2.45) is 5.92 Å². The molecule has 0 bridgehead atoms. The fraction of sp³-hybridized carbons (Fsp3) is 0.800. The van der Waals surface area contributed by atoms with Crippen LogP contribution in [0.1, 0.15) is 76.1 Å². The first-order valence-corrected chi connectivity index (χ1v) is 7.85. The lowest BCUT2D eigenvalue weighted by Crippen LogP contribution is -2.25. The normalized spacial score (nSPS) is 23.9. The minimum absolute atomic E-state index is 0.163. The molecule has 3 atom stereocenters. The van der Waals surface area contributed by atoms with Crippen LogP contribution >= 0.6 is 0 Å². The monoisotopic (exact) mass is 296 g/mol. The average molecular weight is 296 g/mol. The second-order valence-electron chi connectivity index (χ2n) is 5.56. The lowest BCUT2D eigenvalue weighted by Gasteiger charge is -2.25. The van der Waals surface area contributed by atoms with Crippen molar-refractivity contribution in [2.45, 2.75) is 64.4 Å². The van der Waals surface area contributed by atoms with Crippen LogP contribution < -0.4 is 0 Å². The largest absolute Gasteiger partial charge is 0.481 e. The molecule has 6 heteroatoms. The highest BCUT2D eigenvalue weighted by molar-refractivity contribution is 5.71. The van der Waals surface area contributed by atoms with Crippen LogP contribution in [-0.2, 0) is 9.53 Å². The van der Waals surface area contributed by atoms with Gasteiger partial charge in [0.05, 0.1) is 11.8 Å². The first-order valence-electron chi connectivity index (χ1n) is 7.85. The van der Waals surface area contributed by atoms with Gasteiger partial charge in [0.15, 0.2) is 0 Å². The van der Waals surface area contributed by atoms with Crippen LogP contribution in [0.2, 0.25) is 0 Å². The summed E-state index contributed by atoms with van der Waals surface area (Å²) >= 11 is 0. The van der Waals surface area contributed by atoms with Crippen LogP contribution in [0.25, 0.3) is 0 Å². The van der Waals surface area contributed by atoms with Gasteiger partial charge in [-0.25, -0.2) is 0 Å². The molecule has 2 rings (SSSR count). The smallest absolute Gasteiger partial charge is 0.307 e. The third kappa shape index (κ3) is 3.81. The number of carboxylic acid groups (broad SMARTS) is 1. The first kappa shape index (κ1) is 15.9. The lowest BCUT2D eigenvalue weighted by molar-refractivity contribution is -0.143. The summed E-state index contributed by atoms with van der Waals surface area (Å²) in [5, 5.41) is 13.4. The van der Waals surface area contributed by atoms with Crippen molar-refractivity contribution in [2.75, 3.05) is 6.61 Å². The number of nitrogens with zero attached hydrogens (tertiary/aromatic N) is 2. The van der Waals surface area contributed by atoms with Crippen molar-refractivity contribution in [1.29, 1.82) is 0 Å². The third-order valence-electron chi connectivity index (χ3n) is 4.06. The number of ether oxygens (including phenoxy) is 1. The van der Waals surface area contributed by atoms with Crippen LogP contribution in [-0.4, -0.2) is 27.8 Å². The molecule has 3 unspecified atom stereocenters. The second kappa shape index (κ2) is 7.54. The molecule has 0 amide bonds. The Labute approximate surface area is 124 Å². The van der Waals surface area contributed by atoms with E-state index in [1.165, 1.54) is 0 Å². The zero-order valence-corrected chi connectivity index (χ0v) is 12.7. The molecule has 1 saturated carbocycles. The number of carbonyl (C=O) groups is 1. The van der Waals surface area contributed by atoms with Crippen molar-refractivity contribution < 1.29 is 19.2 Å². The molecule has 0 aliphatic heterocycles. The number of hydrogen-bond acceptors (Lipinski definition) is 5. The molecule has 1 heterocycles. The van der Waals surface area contributed by atoms with Gasteiger partial charge < -0.3 is 14.4 Å². The number of aliphatic carboxylic acids is 1. The topological polar surface area (TPSA) is 85.5 Å². The van der Waals surface area contributed by atoms with Crippen LogP contribution in [0, 0.1) is 5.92 Å². The summed E-state index contributed by atoms with van der Waals surface area (Å²) in [4.78, 5) is 15.8. The van der Waals surface area contributed by atoms with Crippen molar-refractivity contribution in [3.05, 3.63) is 11.7 Å². The SMILES string of the molecule is CCCC(OCC)c1noc(C2CCCCC2C(=O)O)n1. The maximum atomic E-state index is 11.4. The van der Waals surface area contributed by atoms with E-state index in [0.29, 0.717) is 24.7 Å². The van der Waals surface area contributed by atoms with Gasteiger partial charge in [0.2, 0.25) is 11.7 Å². The van der Waals surface area contributed by atoms with Crippen LogP contribution in [0.5, 0.6) is 0 Å². The molecule has 0 aromatic carbocycles. The van der Waals surface area contributed by atoms with E-state index in [1.54, 1.807) is 0 Å². The van der Waals surface area contributed by atoms with Crippen molar-refractivity contribution in [3.8, 4) is 0 Å². The van der Waals surface area contributed by atoms with Crippen LogP contribution in [0.15, 0.2) is 4.52 Å². The highest BCUT2D eigenvalue weighted by Crippen LogP contribution is 2.37. The minimum Gasteiger partial charge on any atom is -0.481 e. The summed E-state index contributed by atoms with van der Waals surface area (Å²) in [6, 6.07) is 0. The molecular weight excluding hydrogens is 272 g/mol. The Kier molecular flexibility index (Phi) is 5.73. The summed E-state index contributed by atoms with van der Waals surface area (Å²) in [6.07, 6.45) is 5.08. The van der Waals surface area contributed by atoms with Gasteiger partial charge in [0.25, 0.3) is 0 Å². The van der Waals surface area contributed by atoms with E-state index in [2.05, 4.69) is 17.1 Å². The molecule has 0 radical (unpaired) electrons. The van der Waals surface area contributed by atoms with Gasteiger partial charge >= 0.3 is 5.97 Å². The van der Waals surface area contributed by atoms with E-state index < -0.39 is 11.9 Å². The third-order valence-corrected chi connectivity index (χ3v) is 4.06. The Hall–Kier alpha value is -1.43. The highest BCUT2D eigenvalue weighted by Gasteiger charge is 2.36. The summed E-state index contributed by atoms with van der Waals surface area (Å²) in [6.45, 7) is 4.61. The Morgan fingerprint density at radius 1 is 1.43 bits per heavy atom. The fourth-order valence-corrected chi connectivity index (χ4v) is 3.00. The summed E-state index contributed by atoms with van der Waals surface area (Å²) < 4.78 is 11.0. The van der Waals surface area contributed by atoms with Crippen LogP contribution in [0.3, 0.4) is 0 Å². The number of carboxylic acids is 1. The number of rotatable bonds is 7. The molecule has 1 aliphatic carbocycles. The van der Waals surface area contributed by atoms with Crippen LogP contribution in [0.4, 0.5) is 0 Å². The Morgan fingerprint density at radius 3 is 2.86 bits per heavy atom. The maximum Gasteiger partial charge on any atom is 0.307 e. The molecule has 0 spiro atoms. The molecule has 1 fully saturated rings. The van der Waals surface area contributed by atoms with Crippen molar-refractivity contribution >= 4 is 5.97 Å². The summed E-state index contributed by atoms with van der Waals surface area (Å²) in [5.74, 6) is -0.346. The highest BCUT2D eigenvalue weighted by atomic mass is 16.5. The fourth-order valence-electron chi connectivity index (χ4n) is 3.00. The quantitative estimate of drug-likeness (QED) is 0.830. The van der Waals surface area contributed by atoms with E-state index in [1.807, 2.05) is 6.92 Å². The zero-order valence-electron chi connectivity index (χ0n) is 12.7. The molecule has 21 heavy (non-hydrogen) atoms.